The number of amides is 1. The third-order valence-electron chi connectivity index (χ3n) is 3.50. The fourth-order valence-corrected chi connectivity index (χ4v) is 2.25. The molecule has 0 aliphatic heterocycles. The smallest absolute Gasteiger partial charge is 0.273 e. The summed E-state index contributed by atoms with van der Waals surface area (Å²) in [6.07, 6.45) is 2.13. The maximum atomic E-state index is 12.1. The van der Waals surface area contributed by atoms with Crippen molar-refractivity contribution in [2.45, 2.75) is 39.8 Å². The van der Waals surface area contributed by atoms with E-state index in [1.807, 2.05) is 31.2 Å². The van der Waals surface area contributed by atoms with Crippen LogP contribution >= 0.6 is 0 Å². The summed E-state index contributed by atoms with van der Waals surface area (Å²) in [6, 6.07) is 7.65. The first kappa shape index (κ1) is 16.2. The van der Waals surface area contributed by atoms with Crippen LogP contribution in [0.15, 0.2) is 34.9 Å². The standard InChI is InChI=1S/C17H23N3O2/c1-11(2)8-14(18)17-20-15(10-22-17)16(21)19-9-13-7-5-4-6-12(13)3/h4-7,10-11,14H,8-9,18H2,1-3H3,(H,19,21). The average molecular weight is 301 g/mol. The molecule has 2 aromatic rings. The zero-order valence-electron chi connectivity index (χ0n) is 13.3. The quantitative estimate of drug-likeness (QED) is 0.859. The van der Waals surface area contributed by atoms with E-state index in [-0.39, 0.29) is 17.6 Å². The van der Waals surface area contributed by atoms with Gasteiger partial charge in [-0.3, -0.25) is 4.79 Å². The van der Waals surface area contributed by atoms with Gasteiger partial charge in [-0.25, -0.2) is 4.98 Å². The van der Waals surface area contributed by atoms with Crippen molar-refractivity contribution in [3.63, 3.8) is 0 Å². The van der Waals surface area contributed by atoms with Gasteiger partial charge in [-0.1, -0.05) is 38.1 Å². The maximum Gasteiger partial charge on any atom is 0.273 e. The van der Waals surface area contributed by atoms with Gasteiger partial charge in [0.1, 0.15) is 6.26 Å². The molecule has 0 spiro atoms. The first-order chi connectivity index (χ1) is 10.5. The first-order valence-corrected chi connectivity index (χ1v) is 7.51. The van der Waals surface area contributed by atoms with Crippen LogP contribution in [0.25, 0.3) is 0 Å². The van der Waals surface area contributed by atoms with Crippen LogP contribution in [-0.2, 0) is 6.54 Å². The number of benzene rings is 1. The van der Waals surface area contributed by atoms with E-state index in [4.69, 9.17) is 10.2 Å². The number of aromatic nitrogens is 1. The summed E-state index contributed by atoms with van der Waals surface area (Å²) in [5, 5.41) is 2.85. The van der Waals surface area contributed by atoms with Crippen LogP contribution in [0.3, 0.4) is 0 Å². The van der Waals surface area contributed by atoms with Crippen molar-refractivity contribution in [3.8, 4) is 0 Å². The zero-order chi connectivity index (χ0) is 16.1. The SMILES string of the molecule is Cc1ccccc1CNC(=O)c1coc(C(N)CC(C)C)n1. The average Bonchev–Trinajstić information content (AvgIpc) is 2.95. The Morgan fingerprint density at radius 2 is 2.09 bits per heavy atom. The molecule has 3 N–H and O–H groups in total. The monoisotopic (exact) mass is 301 g/mol. The van der Waals surface area contributed by atoms with Gasteiger partial charge in [0.25, 0.3) is 5.91 Å². The molecule has 0 fully saturated rings. The molecule has 22 heavy (non-hydrogen) atoms. The zero-order valence-corrected chi connectivity index (χ0v) is 13.3. The molecule has 1 atom stereocenters. The number of hydrogen-bond donors (Lipinski definition) is 2. The lowest BCUT2D eigenvalue weighted by Crippen LogP contribution is -2.23. The fraction of sp³-hybridized carbons (Fsp3) is 0.412. The van der Waals surface area contributed by atoms with Crippen LogP contribution in [0.5, 0.6) is 0 Å². The van der Waals surface area contributed by atoms with E-state index in [0.29, 0.717) is 18.4 Å². The fourth-order valence-electron chi connectivity index (χ4n) is 2.25. The Bertz CT molecular complexity index is 634. The molecular weight excluding hydrogens is 278 g/mol. The van der Waals surface area contributed by atoms with Gasteiger partial charge in [-0.05, 0) is 30.4 Å². The highest BCUT2D eigenvalue weighted by Gasteiger charge is 2.17. The van der Waals surface area contributed by atoms with Gasteiger partial charge in [0.15, 0.2) is 5.69 Å². The summed E-state index contributed by atoms with van der Waals surface area (Å²) >= 11 is 0. The van der Waals surface area contributed by atoms with Crippen LogP contribution in [0.4, 0.5) is 0 Å². The van der Waals surface area contributed by atoms with E-state index in [1.54, 1.807) is 0 Å². The Balaban J connectivity index is 1.96. The van der Waals surface area contributed by atoms with E-state index >= 15 is 0 Å². The van der Waals surface area contributed by atoms with Crippen molar-refractivity contribution in [1.82, 2.24) is 10.3 Å². The van der Waals surface area contributed by atoms with Crippen molar-refractivity contribution in [1.29, 1.82) is 0 Å². The summed E-state index contributed by atoms with van der Waals surface area (Å²) in [5.41, 5.74) is 8.49. The molecule has 1 aromatic heterocycles. The molecule has 1 amide bonds. The minimum absolute atomic E-state index is 0.255. The number of carbonyl (C=O) groups excluding carboxylic acids is 1. The molecule has 0 aliphatic rings. The molecule has 0 bridgehead atoms. The predicted molar refractivity (Wildman–Crippen MR) is 85.2 cm³/mol. The van der Waals surface area contributed by atoms with E-state index < -0.39 is 0 Å². The number of hydrogen-bond acceptors (Lipinski definition) is 4. The molecule has 0 saturated carbocycles. The van der Waals surface area contributed by atoms with Crippen LogP contribution in [0, 0.1) is 12.8 Å². The molecule has 0 saturated heterocycles. The molecule has 5 heteroatoms. The second kappa shape index (κ2) is 7.22. The number of rotatable bonds is 6. The number of nitrogens with zero attached hydrogens (tertiary/aromatic N) is 1. The number of aryl methyl sites for hydroxylation is 1. The molecule has 1 aromatic carbocycles. The summed E-state index contributed by atoms with van der Waals surface area (Å²) in [6.45, 7) is 6.64. The van der Waals surface area contributed by atoms with Crippen LogP contribution in [-0.4, -0.2) is 10.9 Å². The second-order valence-corrected chi connectivity index (χ2v) is 5.92. The van der Waals surface area contributed by atoms with Crippen LogP contribution in [0.2, 0.25) is 0 Å². The normalized spacial score (nSPS) is 12.4. The van der Waals surface area contributed by atoms with Gasteiger partial charge >= 0.3 is 0 Å². The predicted octanol–water partition coefficient (Wildman–Crippen LogP) is 2.96. The van der Waals surface area contributed by atoms with Crippen molar-refractivity contribution in [3.05, 3.63) is 53.2 Å². The van der Waals surface area contributed by atoms with E-state index in [2.05, 4.69) is 24.1 Å². The molecule has 2 rings (SSSR count). The largest absolute Gasteiger partial charge is 0.446 e. The highest BCUT2D eigenvalue weighted by Crippen LogP contribution is 2.18. The Morgan fingerprint density at radius 3 is 2.77 bits per heavy atom. The topological polar surface area (TPSA) is 81.2 Å². The van der Waals surface area contributed by atoms with Crippen molar-refractivity contribution in [2.75, 3.05) is 0 Å². The first-order valence-electron chi connectivity index (χ1n) is 7.51. The summed E-state index contributed by atoms with van der Waals surface area (Å²) in [4.78, 5) is 16.3. The number of nitrogens with one attached hydrogen (secondary N) is 1. The molecule has 1 unspecified atom stereocenters. The summed E-state index contributed by atoms with van der Waals surface area (Å²) < 4.78 is 5.33. The van der Waals surface area contributed by atoms with E-state index in [0.717, 1.165) is 17.5 Å². The lowest BCUT2D eigenvalue weighted by atomic mass is 10.0. The van der Waals surface area contributed by atoms with Gasteiger partial charge in [0, 0.05) is 6.54 Å². The Morgan fingerprint density at radius 1 is 1.36 bits per heavy atom. The van der Waals surface area contributed by atoms with Gasteiger partial charge in [0.05, 0.1) is 6.04 Å². The van der Waals surface area contributed by atoms with Crippen LogP contribution in [0.1, 0.15) is 53.8 Å². The number of oxazole rings is 1. The van der Waals surface area contributed by atoms with Crippen molar-refractivity contribution in [2.24, 2.45) is 11.7 Å². The van der Waals surface area contributed by atoms with Crippen molar-refractivity contribution < 1.29 is 9.21 Å². The highest BCUT2D eigenvalue weighted by atomic mass is 16.3. The molecular formula is C17H23N3O2. The second-order valence-electron chi connectivity index (χ2n) is 5.92. The lowest BCUT2D eigenvalue weighted by Gasteiger charge is -2.09. The maximum absolute atomic E-state index is 12.1. The highest BCUT2D eigenvalue weighted by molar-refractivity contribution is 5.91. The minimum Gasteiger partial charge on any atom is -0.446 e. The van der Waals surface area contributed by atoms with Crippen molar-refractivity contribution >= 4 is 5.91 Å². The third kappa shape index (κ3) is 4.18. The van der Waals surface area contributed by atoms with E-state index in [1.165, 1.54) is 6.26 Å². The Labute approximate surface area is 130 Å². The summed E-state index contributed by atoms with van der Waals surface area (Å²) in [5.74, 6) is 0.602. The Kier molecular flexibility index (Phi) is 5.33. The van der Waals surface area contributed by atoms with Gasteiger partial charge in [-0.2, -0.15) is 0 Å². The summed E-state index contributed by atoms with van der Waals surface area (Å²) in [7, 11) is 0. The van der Waals surface area contributed by atoms with Crippen LogP contribution < -0.4 is 11.1 Å². The van der Waals surface area contributed by atoms with E-state index in [9.17, 15) is 4.79 Å². The van der Waals surface area contributed by atoms with Gasteiger partial charge in [0.2, 0.25) is 5.89 Å². The number of carbonyl (C=O) groups is 1. The van der Waals surface area contributed by atoms with Gasteiger partial charge in [-0.15, -0.1) is 0 Å². The molecule has 5 nitrogen and oxygen atoms in total. The molecule has 0 radical (unpaired) electrons. The van der Waals surface area contributed by atoms with Gasteiger partial charge < -0.3 is 15.5 Å². The molecule has 0 aliphatic carbocycles. The molecule has 1 heterocycles. The lowest BCUT2D eigenvalue weighted by molar-refractivity contribution is 0.0946. The Hall–Kier alpha value is -2.14. The number of nitrogens with two attached hydrogens (primary N) is 1. The minimum atomic E-state index is -0.280. The molecule has 118 valence electrons. The third-order valence-corrected chi connectivity index (χ3v) is 3.50.